The standard InChI is InChI=1S/C14H21NO6S/c1-8(2)13(17)15-7-10(16)20-11-9-4-5-14(3,6-9)12(11)21-22(18)19/h9,11-12H,1,4-7H2,2-3H3,(H,15,17)(H,18,19). The molecule has 2 N–H and O–H groups in total. The van der Waals surface area contributed by atoms with Gasteiger partial charge in [-0.05, 0) is 37.5 Å². The summed E-state index contributed by atoms with van der Waals surface area (Å²) in [6, 6.07) is 0. The average molecular weight is 331 g/mol. The number of carbonyl (C=O) groups is 2. The number of rotatable bonds is 6. The first-order valence-corrected chi connectivity index (χ1v) is 8.17. The second-order valence-corrected chi connectivity index (χ2v) is 6.94. The van der Waals surface area contributed by atoms with Gasteiger partial charge in [-0.25, -0.2) is 0 Å². The van der Waals surface area contributed by atoms with Gasteiger partial charge in [-0.15, -0.1) is 0 Å². The lowest BCUT2D eigenvalue weighted by atomic mass is 9.83. The Labute approximate surface area is 131 Å². The van der Waals surface area contributed by atoms with Crippen molar-refractivity contribution < 1.29 is 27.3 Å². The van der Waals surface area contributed by atoms with Crippen LogP contribution in [0.5, 0.6) is 0 Å². The highest BCUT2D eigenvalue weighted by atomic mass is 32.2. The third-order valence-corrected chi connectivity index (χ3v) is 4.87. The topological polar surface area (TPSA) is 102 Å². The van der Waals surface area contributed by atoms with Gasteiger partial charge in [0.1, 0.15) is 18.8 Å². The molecule has 0 saturated heterocycles. The zero-order chi connectivity index (χ0) is 16.5. The molecule has 2 saturated carbocycles. The third-order valence-electron chi connectivity index (χ3n) is 4.50. The van der Waals surface area contributed by atoms with Crippen molar-refractivity contribution in [1.82, 2.24) is 5.32 Å². The van der Waals surface area contributed by atoms with Crippen LogP contribution >= 0.6 is 0 Å². The first-order chi connectivity index (χ1) is 10.2. The molecule has 0 heterocycles. The van der Waals surface area contributed by atoms with Gasteiger partial charge in [0.2, 0.25) is 5.91 Å². The molecule has 8 heteroatoms. The Kier molecular flexibility index (Phi) is 5.03. The average Bonchev–Trinajstić information content (AvgIpc) is 2.92. The first kappa shape index (κ1) is 17.1. The minimum atomic E-state index is -2.41. The van der Waals surface area contributed by atoms with Gasteiger partial charge in [-0.2, -0.15) is 4.21 Å². The molecule has 0 spiro atoms. The Morgan fingerprint density at radius 3 is 2.77 bits per heavy atom. The fourth-order valence-electron chi connectivity index (χ4n) is 3.42. The number of fused-ring (bicyclic) bond motifs is 2. The number of hydrogen-bond donors (Lipinski definition) is 2. The van der Waals surface area contributed by atoms with E-state index in [2.05, 4.69) is 11.9 Å². The van der Waals surface area contributed by atoms with Crippen LogP contribution in [-0.4, -0.2) is 39.4 Å². The molecule has 5 atom stereocenters. The Hall–Kier alpha value is -1.25. The number of carbonyl (C=O) groups excluding carboxylic acids is 2. The summed E-state index contributed by atoms with van der Waals surface area (Å²) in [6.07, 6.45) is 1.41. The molecule has 7 nitrogen and oxygen atoms in total. The summed E-state index contributed by atoms with van der Waals surface area (Å²) >= 11 is -2.41. The largest absolute Gasteiger partial charge is 0.458 e. The van der Waals surface area contributed by atoms with Gasteiger partial charge in [-0.1, -0.05) is 13.5 Å². The normalized spacial score (nSPS) is 34.2. The zero-order valence-corrected chi connectivity index (χ0v) is 13.5. The van der Waals surface area contributed by atoms with Crippen molar-refractivity contribution in [3.8, 4) is 0 Å². The van der Waals surface area contributed by atoms with Crippen molar-refractivity contribution >= 4 is 23.2 Å². The van der Waals surface area contributed by atoms with E-state index < -0.39 is 35.4 Å². The van der Waals surface area contributed by atoms with Crippen LogP contribution in [0.3, 0.4) is 0 Å². The molecule has 5 unspecified atom stereocenters. The summed E-state index contributed by atoms with van der Waals surface area (Å²) in [5, 5.41) is 2.40. The number of amides is 1. The van der Waals surface area contributed by atoms with E-state index in [1.807, 2.05) is 6.92 Å². The maximum absolute atomic E-state index is 11.9. The molecule has 0 aromatic heterocycles. The summed E-state index contributed by atoms with van der Waals surface area (Å²) in [4.78, 5) is 23.2. The minimum absolute atomic E-state index is 0.124. The van der Waals surface area contributed by atoms with Gasteiger partial charge in [0.05, 0.1) is 0 Å². The molecule has 1 amide bonds. The van der Waals surface area contributed by atoms with Gasteiger partial charge in [0.15, 0.2) is 0 Å². The van der Waals surface area contributed by atoms with Gasteiger partial charge < -0.3 is 10.1 Å². The Morgan fingerprint density at radius 1 is 1.50 bits per heavy atom. The predicted molar refractivity (Wildman–Crippen MR) is 78.8 cm³/mol. The predicted octanol–water partition coefficient (Wildman–Crippen LogP) is 0.932. The Morgan fingerprint density at radius 2 is 2.18 bits per heavy atom. The third kappa shape index (κ3) is 3.56. The quantitative estimate of drug-likeness (QED) is 0.426. The maximum Gasteiger partial charge on any atom is 0.325 e. The minimum Gasteiger partial charge on any atom is -0.458 e. The summed E-state index contributed by atoms with van der Waals surface area (Å²) in [7, 11) is 0. The second-order valence-electron chi connectivity index (χ2n) is 6.31. The van der Waals surface area contributed by atoms with Crippen LogP contribution in [0.4, 0.5) is 0 Å². The van der Waals surface area contributed by atoms with Crippen molar-refractivity contribution in [2.75, 3.05) is 6.54 Å². The molecule has 2 aliphatic carbocycles. The molecule has 0 aliphatic heterocycles. The van der Waals surface area contributed by atoms with E-state index in [0.717, 1.165) is 19.3 Å². The van der Waals surface area contributed by atoms with Crippen molar-refractivity contribution in [2.24, 2.45) is 11.3 Å². The number of ether oxygens (including phenoxy) is 1. The van der Waals surface area contributed by atoms with Crippen molar-refractivity contribution in [3.63, 3.8) is 0 Å². The second kappa shape index (κ2) is 6.47. The molecule has 0 aromatic rings. The van der Waals surface area contributed by atoms with E-state index in [9.17, 15) is 13.8 Å². The maximum atomic E-state index is 11.9. The van der Waals surface area contributed by atoms with Crippen molar-refractivity contribution in [1.29, 1.82) is 0 Å². The van der Waals surface area contributed by atoms with Crippen LogP contribution < -0.4 is 5.32 Å². The van der Waals surface area contributed by atoms with Gasteiger partial charge in [-0.3, -0.25) is 18.3 Å². The molecule has 2 bridgehead atoms. The summed E-state index contributed by atoms with van der Waals surface area (Å²) in [5.74, 6) is -0.881. The van der Waals surface area contributed by atoms with Crippen LogP contribution in [0.1, 0.15) is 33.1 Å². The van der Waals surface area contributed by atoms with Crippen LogP contribution in [0.15, 0.2) is 12.2 Å². The van der Waals surface area contributed by atoms with E-state index in [-0.39, 0.29) is 17.9 Å². The molecule has 22 heavy (non-hydrogen) atoms. The first-order valence-electron chi connectivity index (χ1n) is 7.14. The van der Waals surface area contributed by atoms with Crippen LogP contribution in [-0.2, 0) is 29.9 Å². The molecular formula is C14H21NO6S. The fraction of sp³-hybridized carbons (Fsp3) is 0.714. The van der Waals surface area contributed by atoms with Crippen molar-refractivity contribution in [2.45, 2.75) is 45.3 Å². The summed E-state index contributed by atoms with van der Waals surface area (Å²) < 4.78 is 30.4. The highest BCUT2D eigenvalue weighted by Gasteiger charge is 2.58. The van der Waals surface area contributed by atoms with Gasteiger partial charge in [0.25, 0.3) is 0 Å². The molecule has 0 aromatic carbocycles. The fourth-order valence-corrected chi connectivity index (χ4v) is 3.93. The molecule has 2 fully saturated rings. The molecule has 2 aliphatic rings. The lowest BCUT2D eigenvalue weighted by molar-refractivity contribution is -0.158. The molecule has 0 radical (unpaired) electrons. The zero-order valence-electron chi connectivity index (χ0n) is 12.7. The van der Waals surface area contributed by atoms with Crippen LogP contribution in [0, 0.1) is 11.3 Å². The Balaban J connectivity index is 1.95. The SMILES string of the molecule is C=C(C)C(=O)NCC(=O)OC1C2CCC(C)(C2)C1OS(=O)O. The van der Waals surface area contributed by atoms with Crippen LogP contribution in [0.2, 0.25) is 0 Å². The summed E-state index contributed by atoms with van der Waals surface area (Å²) in [5.41, 5.74) is 0.0479. The highest BCUT2D eigenvalue weighted by Crippen LogP contribution is 2.56. The lowest BCUT2D eigenvalue weighted by Gasteiger charge is -2.34. The molecular weight excluding hydrogens is 310 g/mol. The van der Waals surface area contributed by atoms with Crippen molar-refractivity contribution in [3.05, 3.63) is 12.2 Å². The summed E-state index contributed by atoms with van der Waals surface area (Å²) in [6.45, 7) is 6.73. The van der Waals surface area contributed by atoms with Gasteiger partial charge in [0, 0.05) is 5.57 Å². The molecule has 2 rings (SSSR count). The number of nitrogens with one attached hydrogen (secondary N) is 1. The smallest absolute Gasteiger partial charge is 0.325 e. The van der Waals surface area contributed by atoms with Gasteiger partial charge >= 0.3 is 17.3 Å². The van der Waals surface area contributed by atoms with E-state index in [4.69, 9.17) is 13.5 Å². The van der Waals surface area contributed by atoms with Crippen LogP contribution in [0.25, 0.3) is 0 Å². The lowest BCUT2D eigenvalue weighted by Crippen LogP contribution is -2.44. The number of hydrogen-bond acceptors (Lipinski definition) is 5. The highest BCUT2D eigenvalue weighted by molar-refractivity contribution is 7.74. The monoisotopic (exact) mass is 331 g/mol. The molecule has 124 valence electrons. The van der Waals surface area contributed by atoms with E-state index in [1.54, 1.807) is 0 Å². The van der Waals surface area contributed by atoms with E-state index in [0.29, 0.717) is 5.57 Å². The van der Waals surface area contributed by atoms with E-state index in [1.165, 1.54) is 6.92 Å². The number of esters is 1. The Bertz CT molecular complexity index is 521. The van der Waals surface area contributed by atoms with E-state index >= 15 is 0 Å².